The number of alkyl halides is 3. The summed E-state index contributed by atoms with van der Waals surface area (Å²) in [5.74, 6) is 0.0335. The minimum Gasteiger partial charge on any atom is -0.497 e. The highest BCUT2D eigenvalue weighted by molar-refractivity contribution is 5.94. The average molecular weight is 464 g/mol. The number of benzene rings is 2. The maximum Gasteiger partial charge on any atom is 0.573 e. The van der Waals surface area contributed by atoms with E-state index in [9.17, 15) is 22.8 Å². The Morgan fingerprint density at radius 2 is 1.79 bits per heavy atom. The maximum absolute atomic E-state index is 12.8. The number of halogens is 3. The molecule has 2 aliphatic heterocycles. The molecule has 0 unspecified atom stereocenters. The third-order valence-corrected chi connectivity index (χ3v) is 5.85. The van der Waals surface area contributed by atoms with E-state index >= 15 is 0 Å². The van der Waals surface area contributed by atoms with E-state index in [4.69, 9.17) is 9.47 Å². The summed E-state index contributed by atoms with van der Waals surface area (Å²) in [7, 11) is 1.58. The molecule has 2 heterocycles. The van der Waals surface area contributed by atoms with Crippen molar-refractivity contribution in [2.24, 2.45) is 0 Å². The molecule has 0 atom stereocenters. The van der Waals surface area contributed by atoms with E-state index in [0.29, 0.717) is 44.8 Å². The van der Waals surface area contributed by atoms with Crippen LogP contribution in [0.15, 0.2) is 48.5 Å². The number of hydrogen-bond donors (Lipinski definition) is 0. The summed E-state index contributed by atoms with van der Waals surface area (Å²) < 4.78 is 51.7. The van der Waals surface area contributed by atoms with E-state index < -0.39 is 18.1 Å². The SMILES string of the molecule is COc1cccc(CN2CC3(CCN(C(=O)c4ccc(OC(F)(F)F)cc4)CC3)OC2=O)c1. The van der Waals surface area contributed by atoms with Gasteiger partial charge in [0.25, 0.3) is 5.91 Å². The highest BCUT2D eigenvalue weighted by atomic mass is 19.4. The molecule has 0 bridgehead atoms. The van der Waals surface area contributed by atoms with E-state index in [-0.39, 0.29) is 17.2 Å². The van der Waals surface area contributed by atoms with Gasteiger partial charge in [-0.2, -0.15) is 0 Å². The van der Waals surface area contributed by atoms with E-state index in [1.165, 1.54) is 12.1 Å². The molecule has 176 valence electrons. The molecule has 0 saturated carbocycles. The predicted octanol–water partition coefficient (Wildman–Crippen LogP) is 4.22. The maximum atomic E-state index is 12.8. The molecule has 0 aliphatic carbocycles. The Labute approximate surface area is 188 Å². The van der Waals surface area contributed by atoms with Crippen LogP contribution < -0.4 is 9.47 Å². The van der Waals surface area contributed by atoms with Crippen molar-refractivity contribution < 1.29 is 37.0 Å². The lowest BCUT2D eigenvalue weighted by atomic mass is 9.91. The van der Waals surface area contributed by atoms with E-state index in [2.05, 4.69) is 4.74 Å². The number of nitrogens with zero attached hydrogens (tertiary/aromatic N) is 2. The third-order valence-electron chi connectivity index (χ3n) is 5.85. The van der Waals surface area contributed by atoms with Crippen molar-refractivity contribution in [1.29, 1.82) is 0 Å². The second-order valence-electron chi connectivity index (χ2n) is 8.12. The van der Waals surface area contributed by atoms with Gasteiger partial charge in [0.05, 0.1) is 13.7 Å². The third kappa shape index (κ3) is 5.32. The van der Waals surface area contributed by atoms with Crippen LogP contribution in [-0.4, -0.2) is 60.5 Å². The zero-order chi connectivity index (χ0) is 23.6. The van der Waals surface area contributed by atoms with Crippen LogP contribution in [-0.2, 0) is 11.3 Å². The van der Waals surface area contributed by atoms with Crippen LogP contribution in [0.4, 0.5) is 18.0 Å². The highest BCUT2D eigenvalue weighted by Crippen LogP contribution is 2.35. The van der Waals surface area contributed by atoms with E-state index in [1.54, 1.807) is 16.9 Å². The fraction of sp³-hybridized carbons (Fsp3) is 0.391. The number of piperidine rings is 1. The van der Waals surface area contributed by atoms with Gasteiger partial charge >= 0.3 is 12.5 Å². The first-order chi connectivity index (χ1) is 15.7. The second kappa shape index (κ2) is 8.84. The van der Waals surface area contributed by atoms with Crippen molar-refractivity contribution in [2.45, 2.75) is 31.3 Å². The van der Waals surface area contributed by atoms with Crippen LogP contribution in [0.3, 0.4) is 0 Å². The lowest BCUT2D eigenvalue weighted by Gasteiger charge is -2.37. The highest BCUT2D eigenvalue weighted by Gasteiger charge is 2.47. The minimum atomic E-state index is -4.79. The number of carbonyl (C=O) groups is 2. The smallest absolute Gasteiger partial charge is 0.497 e. The molecule has 0 N–H and O–H groups in total. The van der Waals surface area contributed by atoms with E-state index in [1.807, 2.05) is 24.3 Å². The molecule has 2 amide bonds. The summed E-state index contributed by atoms with van der Waals surface area (Å²) in [5.41, 5.74) is 0.536. The lowest BCUT2D eigenvalue weighted by molar-refractivity contribution is -0.274. The molecule has 2 fully saturated rings. The Kier molecular flexibility index (Phi) is 6.09. The molecule has 2 aromatic carbocycles. The van der Waals surface area contributed by atoms with Gasteiger partial charge in [0, 0.05) is 38.0 Å². The molecule has 0 aromatic heterocycles. The average Bonchev–Trinajstić information content (AvgIpc) is 3.07. The number of ether oxygens (including phenoxy) is 3. The molecule has 2 saturated heterocycles. The zero-order valence-electron chi connectivity index (χ0n) is 17.9. The normalized spacial score (nSPS) is 17.8. The number of carbonyl (C=O) groups excluding carboxylic acids is 2. The second-order valence-corrected chi connectivity index (χ2v) is 8.12. The Hall–Kier alpha value is -3.43. The van der Waals surface area contributed by atoms with Gasteiger partial charge < -0.3 is 19.1 Å². The molecular formula is C23H23F3N2O5. The molecule has 7 nitrogen and oxygen atoms in total. The predicted molar refractivity (Wildman–Crippen MR) is 111 cm³/mol. The van der Waals surface area contributed by atoms with Crippen molar-refractivity contribution in [1.82, 2.24) is 9.80 Å². The Bertz CT molecular complexity index is 1020. The van der Waals surface area contributed by atoms with Gasteiger partial charge in [-0.1, -0.05) is 12.1 Å². The number of hydrogen-bond acceptors (Lipinski definition) is 5. The monoisotopic (exact) mass is 464 g/mol. The topological polar surface area (TPSA) is 68.3 Å². The minimum absolute atomic E-state index is 0.267. The fourth-order valence-corrected chi connectivity index (χ4v) is 4.17. The molecule has 2 aromatic rings. The molecule has 10 heteroatoms. The first-order valence-electron chi connectivity index (χ1n) is 10.4. The van der Waals surface area contributed by atoms with Crippen molar-refractivity contribution in [3.05, 3.63) is 59.7 Å². The molecule has 0 radical (unpaired) electrons. The van der Waals surface area contributed by atoms with Crippen LogP contribution in [0.25, 0.3) is 0 Å². The Balaban J connectivity index is 1.34. The van der Waals surface area contributed by atoms with Gasteiger partial charge in [0.2, 0.25) is 0 Å². The van der Waals surface area contributed by atoms with Crippen molar-refractivity contribution in [3.8, 4) is 11.5 Å². The van der Waals surface area contributed by atoms with Crippen LogP contribution in [0.2, 0.25) is 0 Å². The summed E-state index contributed by atoms with van der Waals surface area (Å²) in [6.45, 7) is 1.57. The van der Waals surface area contributed by atoms with Crippen molar-refractivity contribution >= 4 is 12.0 Å². The number of amides is 2. The number of rotatable bonds is 5. The standard InChI is InChI=1S/C23H23F3N2O5/c1-31-19-4-2-3-16(13-19)14-28-15-22(33-21(28)30)9-11-27(12-10-22)20(29)17-5-7-18(8-6-17)32-23(24,25)26/h2-8,13H,9-12,14-15H2,1H3. The van der Waals surface area contributed by atoms with Crippen LogP contribution in [0.1, 0.15) is 28.8 Å². The van der Waals surface area contributed by atoms with E-state index in [0.717, 1.165) is 17.7 Å². The molecular weight excluding hydrogens is 441 g/mol. The largest absolute Gasteiger partial charge is 0.573 e. The van der Waals surface area contributed by atoms with Crippen molar-refractivity contribution in [2.75, 3.05) is 26.7 Å². The summed E-state index contributed by atoms with van der Waals surface area (Å²) in [6, 6.07) is 12.3. The number of methoxy groups -OCH3 is 1. The van der Waals surface area contributed by atoms with Crippen molar-refractivity contribution in [3.63, 3.8) is 0 Å². The molecule has 2 aliphatic rings. The van der Waals surface area contributed by atoms with Gasteiger partial charge in [0.1, 0.15) is 17.1 Å². The summed E-state index contributed by atoms with van der Waals surface area (Å²) >= 11 is 0. The van der Waals surface area contributed by atoms with Gasteiger partial charge in [-0.15, -0.1) is 13.2 Å². The molecule has 33 heavy (non-hydrogen) atoms. The molecule has 4 rings (SSSR count). The summed E-state index contributed by atoms with van der Waals surface area (Å²) in [5, 5.41) is 0. The Morgan fingerprint density at radius 1 is 1.09 bits per heavy atom. The molecule has 1 spiro atoms. The lowest BCUT2D eigenvalue weighted by Crippen LogP contribution is -2.48. The fourth-order valence-electron chi connectivity index (χ4n) is 4.17. The number of likely N-dealkylation sites (tertiary alicyclic amines) is 1. The van der Waals surface area contributed by atoms with Crippen LogP contribution in [0.5, 0.6) is 11.5 Å². The zero-order valence-corrected chi connectivity index (χ0v) is 17.9. The first kappa shape index (κ1) is 22.8. The summed E-state index contributed by atoms with van der Waals surface area (Å²) in [4.78, 5) is 28.5. The van der Waals surface area contributed by atoms with Gasteiger partial charge in [-0.3, -0.25) is 9.69 Å². The summed E-state index contributed by atoms with van der Waals surface area (Å²) in [6.07, 6.45) is -4.22. The van der Waals surface area contributed by atoms with Gasteiger partial charge in [-0.25, -0.2) is 4.79 Å². The van der Waals surface area contributed by atoms with Gasteiger partial charge in [0.15, 0.2) is 0 Å². The van der Waals surface area contributed by atoms with Gasteiger partial charge in [-0.05, 0) is 42.0 Å². The van der Waals surface area contributed by atoms with Crippen LogP contribution >= 0.6 is 0 Å². The first-order valence-corrected chi connectivity index (χ1v) is 10.4. The quantitative estimate of drug-likeness (QED) is 0.663. The van der Waals surface area contributed by atoms with Crippen LogP contribution in [0, 0.1) is 0 Å². The Morgan fingerprint density at radius 3 is 2.42 bits per heavy atom.